The first-order valence-electron chi connectivity index (χ1n) is 12.8. The standard InChI is InChI=1S/C29H30ClN3O6S/c1-4-38-29(36)25-21-11-5-17(2)13-24(21)40-28(25)32-26(34)27(35)33-31-15-19-8-12-22(23(14-19)37-3)39-16-18-6-9-20(30)10-7-18/h6-10,12,14-15,17H,4-5,11,13,16H2,1-3H3,(H,32,34)(H,33,35)/b31-15+. The van der Waals surface area contributed by atoms with Crippen LogP contribution >= 0.6 is 22.9 Å². The lowest BCUT2D eigenvalue weighted by Gasteiger charge is -2.18. The summed E-state index contributed by atoms with van der Waals surface area (Å²) in [6, 6.07) is 12.5. The van der Waals surface area contributed by atoms with Crippen molar-refractivity contribution >= 4 is 51.9 Å². The Kier molecular flexibility index (Phi) is 9.79. The molecule has 0 spiro atoms. The number of carbonyl (C=O) groups excluding carboxylic acids is 3. The van der Waals surface area contributed by atoms with Crippen molar-refractivity contribution < 1.29 is 28.6 Å². The number of hydrogen-bond donors (Lipinski definition) is 2. The van der Waals surface area contributed by atoms with Gasteiger partial charge in [0.05, 0.1) is 25.5 Å². The summed E-state index contributed by atoms with van der Waals surface area (Å²) >= 11 is 7.23. The van der Waals surface area contributed by atoms with E-state index in [-0.39, 0.29) is 6.61 Å². The number of thiophene rings is 1. The minimum atomic E-state index is -0.972. The highest BCUT2D eigenvalue weighted by Gasteiger charge is 2.30. The van der Waals surface area contributed by atoms with Gasteiger partial charge < -0.3 is 19.5 Å². The molecule has 3 aromatic rings. The van der Waals surface area contributed by atoms with Gasteiger partial charge in [0.2, 0.25) is 0 Å². The van der Waals surface area contributed by atoms with Crippen molar-refractivity contribution in [2.45, 2.75) is 39.7 Å². The van der Waals surface area contributed by atoms with Crippen molar-refractivity contribution in [2.75, 3.05) is 19.0 Å². The van der Waals surface area contributed by atoms with Crippen LogP contribution in [0.2, 0.25) is 5.02 Å². The van der Waals surface area contributed by atoms with Crippen molar-refractivity contribution in [2.24, 2.45) is 11.0 Å². The molecule has 40 heavy (non-hydrogen) atoms. The zero-order valence-electron chi connectivity index (χ0n) is 22.4. The number of carbonyl (C=O) groups is 3. The summed E-state index contributed by atoms with van der Waals surface area (Å²) in [5.41, 5.74) is 5.01. The SMILES string of the molecule is CCOC(=O)c1c(NC(=O)C(=O)N/N=C/c2ccc(OCc3ccc(Cl)cc3)c(OC)c2)sc2c1CCC(C)C2. The molecule has 1 unspecified atom stereocenters. The Labute approximate surface area is 241 Å². The van der Waals surface area contributed by atoms with E-state index < -0.39 is 17.8 Å². The maximum absolute atomic E-state index is 12.6. The van der Waals surface area contributed by atoms with Gasteiger partial charge in [-0.25, -0.2) is 10.2 Å². The first-order valence-corrected chi connectivity index (χ1v) is 14.0. The van der Waals surface area contributed by atoms with Crippen LogP contribution in [0, 0.1) is 5.92 Å². The van der Waals surface area contributed by atoms with E-state index in [4.69, 9.17) is 25.8 Å². The van der Waals surface area contributed by atoms with Gasteiger partial charge in [-0.3, -0.25) is 9.59 Å². The number of ether oxygens (including phenoxy) is 3. The molecule has 0 aliphatic heterocycles. The number of nitrogens with one attached hydrogen (secondary N) is 2. The van der Waals surface area contributed by atoms with Gasteiger partial charge in [-0.2, -0.15) is 5.10 Å². The van der Waals surface area contributed by atoms with Crippen LogP contribution in [-0.4, -0.2) is 37.7 Å². The zero-order chi connectivity index (χ0) is 28.6. The van der Waals surface area contributed by atoms with Crippen LogP contribution in [0.1, 0.15) is 52.2 Å². The number of hydrogen-bond acceptors (Lipinski definition) is 8. The number of fused-ring (bicyclic) bond motifs is 1. The largest absolute Gasteiger partial charge is 0.493 e. The Morgan fingerprint density at radius 1 is 1.12 bits per heavy atom. The van der Waals surface area contributed by atoms with E-state index in [0.29, 0.717) is 45.2 Å². The maximum Gasteiger partial charge on any atom is 0.341 e. The van der Waals surface area contributed by atoms with E-state index in [1.807, 2.05) is 12.1 Å². The zero-order valence-corrected chi connectivity index (χ0v) is 24.0. The maximum atomic E-state index is 12.6. The topological polar surface area (TPSA) is 115 Å². The lowest BCUT2D eigenvalue weighted by atomic mass is 9.88. The third-order valence-electron chi connectivity index (χ3n) is 6.30. The lowest BCUT2D eigenvalue weighted by molar-refractivity contribution is -0.136. The molecule has 1 aromatic heterocycles. The molecule has 4 rings (SSSR count). The van der Waals surface area contributed by atoms with Crippen molar-refractivity contribution in [1.82, 2.24) is 5.43 Å². The fourth-order valence-corrected chi connectivity index (χ4v) is 5.78. The molecule has 1 heterocycles. The van der Waals surface area contributed by atoms with E-state index in [9.17, 15) is 14.4 Å². The summed E-state index contributed by atoms with van der Waals surface area (Å²) in [5, 5.41) is 7.44. The molecule has 0 radical (unpaired) electrons. The van der Waals surface area contributed by atoms with Crippen molar-refractivity contribution in [1.29, 1.82) is 0 Å². The molecular formula is C29H30ClN3O6S. The quantitative estimate of drug-likeness (QED) is 0.151. The minimum Gasteiger partial charge on any atom is -0.493 e. The number of nitrogens with zero attached hydrogens (tertiary/aromatic N) is 1. The number of amides is 2. The molecule has 2 aromatic carbocycles. The van der Waals surface area contributed by atoms with E-state index >= 15 is 0 Å². The highest BCUT2D eigenvalue weighted by molar-refractivity contribution is 7.17. The Morgan fingerprint density at radius 3 is 2.62 bits per heavy atom. The fourth-order valence-electron chi connectivity index (χ4n) is 4.26. The van der Waals surface area contributed by atoms with Crippen LogP contribution < -0.4 is 20.2 Å². The van der Waals surface area contributed by atoms with Crippen LogP contribution in [0.3, 0.4) is 0 Å². The summed E-state index contributed by atoms with van der Waals surface area (Å²) in [6.45, 7) is 4.41. The number of hydrazone groups is 1. The van der Waals surface area contributed by atoms with Crippen LogP contribution in [0.25, 0.3) is 0 Å². The average molecular weight is 584 g/mol. The molecule has 210 valence electrons. The highest BCUT2D eigenvalue weighted by Crippen LogP contribution is 2.40. The van der Waals surface area contributed by atoms with Gasteiger partial charge in [0, 0.05) is 9.90 Å². The third-order valence-corrected chi connectivity index (χ3v) is 7.72. The van der Waals surface area contributed by atoms with Gasteiger partial charge in [-0.05, 0) is 79.1 Å². The number of anilines is 1. The molecule has 1 aliphatic rings. The predicted octanol–water partition coefficient (Wildman–Crippen LogP) is 5.38. The Balaban J connectivity index is 1.38. The average Bonchev–Trinajstić information content (AvgIpc) is 3.29. The fraction of sp³-hybridized carbons (Fsp3) is 0.310. The molecule has 11 heteroatoms. The van der Waals surface area contributed by atoms with Gasteiger partial charge in [-0.1, -0.05) is 30.7 Å². The summed E-state index contributed by atoms with van der Waals surface area (Å²) < 4.78 is 16.5. The summed E-state index contributed by atoms with van der Waals surface area (Å²) in [5.74, 6) is -0.922. The summed E-state index contributed by atoms with van der Waals surface area (Å²) in [7, 11) is 1.52. The van der Waals surface area contributed by atoms with Gasteiger partial charge in [0.1, 0.15) is 11.6 Å². The molecular weight excluding hydrogens is 554 g/mol. The van der Waals surface area contributed by atoms with E-state index in [2.05, 4.69) is 22.8 Å². The molecule has 9 nitrogen and oxygen atoms in total. The van der Waals surface area contributed by atoms with Crippen molar-refractivity contribution in [3.8, 4) is 11.5 Å². The number of methoxy groups -OCH3 is 1. The molecule has 0 fully saturated rings. The highest BCUT2D eigenvalue weighted by atomic mass is 35.5. The molecule has 2 amide bonds. The lowest BCUT2D eigenvalue weighted by Crippen LogP contribution is -2.32. The molecule has 0 saturated carbocycles. The summed E-state index contributed by atoms with van der Waals surface area (Å²) in [6.07, 6.45) is 3.86. The van der Waals surface area contributed by atoms with E-state index in [1.54, 1.807) is 37.3 Å². The van der Waals surface area contributed by atoms with Gasteiger partial charge in [0.25, 0.3) is 0 Å². The number of halogens is 1. The van der Waals surface area contributed by atoms with Crippen molar-refractivity contribution in [3.63, 3.8) is 0 Å². The van der Waals surface area contributed by atoms with Crippen LogP contribution in [-0.2, 0) is 33.8 Å². The van der Waals surface area contributed by atoms with Gasteiger partial charge in [0.15, 0.2) is 11.5 Å². The number of benzene rings is 2. The van der Waals surface area contributed by atoms with Crippen LogP contribution in [0.15, 0.2) is 47.6 Å². The van der Waals surface area contributed by atoms with Crippen LogP contribution in [0.5, 0.6) is 11.5 Å². The molecule has 0 bridgehead atoms. The van der Waals surface area contributed by atoms with E-state index in [0.717, 1.165) is 35.3 Å². The van der Waals surface area contributed by atoms with Crippen LogP contribution in [0.4, 0.5) is 5.00 Å². The molecule has 0 saturated heterocycles. The Hall–Kier alpha value is -3.89. The molecule has 1 aliphatic carbocycles. The minimum absolute atomic E-state index is 0.211. The summed E-state index contributed by atoms with van der Waals surface area (Å²) in [4.78, 5) is 38.8. The number of rotatable bonds is 9. The monoisotopic (exact) mass is 583 g/mol. The Morgan fingerprint density at radius 2 is 1.90 bits per heavy atom. The van der Waals surface area contributed by atoms with Crippen molar-refractivity contribution in [3.05, 3.63) is 74.6 Å². The Bertz CT molecular complexity index is 1420. The molecule has 2 N–H and O–H groups in total. The second kappa shape index (κ2) is 13.5. The number of esters is 1. The normalized spacial score (nSPS) is 14.3. The second-order valence-corrected chi connectivity index (χ2v) is 10.8. The van der Waals surface area contributed by atoms with E-state index in [1.165, 1.54) is 24.7 Å². The van der Waals surface area contributed by atoms with Gasteiger partial charge in [-0.15, -0.1) is 11.3 Å². The predicted molar refractivity (Wildman–Crippen MR) is 155 cm³/mol. The van der Waals surface area contributed by atoms with Gasteiger partial charge >= 0.3 is 17.8 Å². The second-order valence-electron chi connectivity index (χ2n) is 9.26. The first kappa shape index (κ1) is 29.1. The molecule has 1 atom stereocenters. The first-order chi connectivity index (χ1) is 19.3. The third kappa shape index (κ3) is 7.19. The smallest absolute Gasteiger partial charge is 0.341 e.